The van der Waals surface area contributed by atoms with Crippen molar-refractivity contribution in [3.05, 3.63) is 85.7 Å². The molecule has 0 radical (unpaired) electrons. The van der Waals surface area contributed by atoms with Crippen molar-refractivity contribution in [1.29, 1.82) is 0 Å². The zero-order chi connectivity index (χ0) is 22.8. The summed E-state index contributed by atoms with van der Waals surface area (Å²) in [7, 11) is 0. The van der Waals surface area contributed by atoms with Crippen molar-refractivity contribution in [2.75, 3.05) is 6.61 Å². The highest BCUT2D eigenvalue weighted by atomic mass is 32.1. The van der Waals surface area contributed by atoms with Gasteiger partial charge in [-0.2, -0.15) is 5.10 Å². The molecular formula is C26H24N2O3S2. The summed E-state index contributed by atoms with van der Waals surface area (Å²) in [5.74, 6) is -0.635. The second-order valence-corrected chi connectivity index (χ2v) is 10.2. The SMILES string of the molecule is Cc1ccccc1C(=O)OCC(=O)N1N=C2C(=Cc3cccs3)CCCC2C1c1cccs1. The largest absolute Gasteiger partial charge is 0.452 e. The molecule has 2 unspecified atom stereocenters. The van der Waals surface area contributed by atoms with Crippen LogP contribution < -0.4 is 0 Å². The molecule has 7 heteroatoms. The minimum Gasteiger partial charge on any atom is -0.452 e. The first kappa shape index (κ1) is 21.8. The Balaban J connectivity index is 1.40. The lowest BCUT2D eigenvalue weighted by atomic mass is 9.79. The van der Waals surface area contributed by atoms with Gasteiger partial charge in [0.1, 0.15) is 0 Å². The molecule has 0 saturated heterocycles. The number of aryl methyl sites for hydroxylation is 1. The van der Waals surface area contributed by atoms with Crippen LogP contribution in [-0.2, 0) is 9.53 Å². The third-order valence-electron chi connectivity index (χ3n) is 6.14. The molecule has 0 N–H and O–H groups in total. The Bertz CT molecular complexity index is 1210. The van der Waals surface area contributed by atoms with E-state index in [1.54, 1.807) is 39.8 Å². The van der Waals surface area contributed by atoms with Crippen LogP contribution in [0.5, 0.6) is 0 Å². The Morgan fingerprint density at radius 2 is 1.94 bits per heavy atom. The van der Waals surface area contributed by atoms with E-state index < -0.39 is 5.97 Å². The fourth-order valence-corrected chi connectivity index (χ4v) is 6.12. The Labute approximate surface area is 201 Å². The lowest BCUT2D eigenvalue weighted by molar-refractivity contribution is -0.136. The standard InChI is InChI=1S/C26H24N2O3S2/c1-17-7-2-3-10-20(17)26(30)31-16-23(29)28-25(22-12-6-14-33-22)21-11-4-8-18(24(21)27-28)15-19-9-5-13-32-19/h2-3,5-7,9-10,12-15,21,25H,4,8,11,16H2,1H3. The Morgan fingerprint density at radius 3 is 2.70 bits per heavy atom. The van der Waals surface area contributed by atoms with Crippen molar-refractivity contribution in [2.45, 2.75) is 32.2 Å². The van der Waals surface area contributed by atoms with E-state index in [-0.39, 0.29) is 24.5 Å². The molecule has 2 aliphatic rings. The fourth-order valence-electron chi connectivity index (χ4n) is 4.56. The average molecular weight is 477 g/mol. The number of amides is 1. The summed E-state index contributed by atoms with van der Waals surface area (Å²) in [6.45, 7) is 1.52. The molecule has 1 aliphatic carbocycles. The first-order valence-corrected chi connectivity index (χ1v) is 12.8. The van der Waals surface area contributed by atoms with E-state index in [4.69, 9.17) is 9.84 Å². The van der Waals surface area contributed by atoms with Crippen molar-refractivity contribution in [1.82, 2.24) is 5.01 Å². The number of hydrazone groups is 1. The van der Waals surface area contributed by atoms with Crippen molar-refractivity contribution >= 4 is 46.3 Å². The summed E-state index contributed by atoms with van der Waals surface area (Å²) in [5.41, 5.74) is 3.49. The van der Waals surface area contributed by atoms with E-state index in [0.717, 1.165) is 35.4 Å². The highest BCUT2D eigenvalue weighted by Crippen LogP contribution is 2.45. The monoisotopic (exact) mass is 476 g/mol. The van der Waals surface area contributed by atoms with E-state index in [1.165, 1.54) is 10.5 Å². The molecule has 1 amide bonds. The third kappa shape index (κ3) is 4.43. The molecule has 1 aromatic carbocycles. The van der Waals surface area contributed by atoms with Crippen molar-refractivity contribution in [3.63, 3.8) is 0 Å². The lowest BCUT2D eigenvalue weighted by Crippen LogP contribution is -2.34. The van der Waals surface area contributed by atoms with Crippen molar-refractivity contribution in [3.8, 4) is 0 Å². The Hall–Kier alpha value is -3.03. The van der Waals surface area contributed by atoms with Gasteiger partial charge in [-0.25, -0.2) is 9.80 Å². The molecule has 1 aliphatic heterocycles. The smallest absolute Gasteiger partial charge is 0.338 e. The topological polar surface area (TPSA) is 59.0 Å². The van der Waals surface area contributed by atoms with Gasteiger partial charge >= 0.3 is 5.97 Å². The molecule has 0 bridgehead atoms. The zero-order valence-electron chi connectivity index (χ0n) is 18.3. The summed E-state index contributed by atoms with van der Waals surface area (Å²) in [5, 5.41) is 10.5. The summed E-state index contributed by atoms with van der Waals surface area (Å²) < 4.78 is 5.41. The minimum atomic E-state index is -0.489. The summed E-state index contributed by atoms with van der Waals surface area (Å²) >= 11 is 3.33. The van der Waals surface area contributed by atoms with Gasteiger partial charge in [0.15, 0.2) is 6.61 Å². The maximum atomic E-state index is 13.3. The maximum Gasteiger partial charge on any atom is 0.338 e. The molecule has 5 nitrogen and oxygen atoms in total. The first-order valence-electron chi connectivity index (χ1n) is 11.0. The van der Waals surface area contributed by atoms with Crippen molar-refractivity contribution < 1.29 is 14.3 Å². The molecule has 3 heterocycles. The number of carbonyl (C=O) groups excluding carboxylic acids is 2. The Morgan fingerprint density at radius 1 is 1.12 bits per heavy atom. The van der Waals surface area contributed by atoms with Gasteiger partial charge in [-0.15, -0.1) is 22.7 Å². The van der Waals surface area contributed by atoms with Gasteiger partial charge in [-0.05, 0) is 72.4 Å². The molecule has 33 heavy (non-hydrogen) atoms. The number of carbonyl (C=O) groups is 2. The van der Waals surface area contributed by atoms with Crippen molar-refractivity contribution in [2.24, 2.45) is 11.0 Å². The van der Waals surface area contributed by atoms with E-state index in [9.17, 15) is 9.59 Å². The van der Waals surface area contributed by atoms with Gasteiger partial charge in [0.25, 0.3) is 5.91 Å². The molecule has 5 rings (SSSR count). The molecule has 2 atom stereocenters. The number of hydrogen-bond acceptors (Lipinski definition) is 6. The second-order valence-electron chi connectivity index (χ2n) is 8.26. The van der Waals surface area contributed by atoms with E-state index in [0.29, 0.717) is 5.56 Å². The number of fused-ring (bicyclic) bond motifs is 1. The summed E-state index contributed by atoms with van der Waals surface area (Å²) in [4.78, 5) is 28.1. The van der Waals surface area contributed by atoms with Crippen LogP contribution >= 0.6 is 22.7 Å². The van der Waals surface area contributed by atoms with Crippen LogP contribution in [0.25, 0.3) is 6.08 Å². The van der Waals surface area contributed by atoms with Crippen LogP contribution in [0, 0.1) is 12.8 Å². The normalized spacial score (nSPS) is 21.1. The number of benzene rings is 1. The lowest BCUT2D eigenvalue weighted by Gasteiger charge is -2.28. The van der Waals surface area contributed by atoms with Gasteiger partial charge in [-0.1, -0.05) is 30.3 Å². The van der Waals surface area contributed by atoms with E-state index in [1.807, 2.05) is 36.6 Å². The van der Waals surface area contributed by atoms with Crippen LogP contribution in [0.4, 0.5) is 0 Å². The summed E-state index contributed by atoms with van der Waals surface area (Å²) in [6, 6.07) is 15.3. The molecule has 3 aromatic rings. The number of thiophene rings is 2. The third-order valence-corrected chi connectivity index (χ3v) is 7.91. The van der Waals surface area contributed by atoms with Crippen LogP contribution in [0.15, 0.2) is 70.0 Å². The number of nitrogens with zero attached hydrogens (tertiary/aromatic N) is 2. The van der Waals surface area contributed by atoms with Gasteiger partial charge in [-0.3, -0.25) is 4.79 Å². The molecular weight excluding hydrogens is 452 g/mol. The molecule has 1 saturated carbocycles. The van der Waals surface area contributed by atoms with Crippen LogP contribution in [0.2, 0.25) is 0 Å². The van der Waals surface area contributed by atoms with Gasteiger partial charge < -0.3 is 4.74 Å². The molecule has 168 valence electrons. The van der Waals surface area contributed by atoms with Gasteiger partial charge in [0.2, 0.25) is 0 Å². The second kappa shape index (κ2) is 9.45. The predicted molar refractivity (Wildman–Crippen MR) is 132 cm³/mol. The molecule has 0 spiro atoms. The number of ether oxygens (including phenoxy) is 1. The number of rotatable bonds is 5. The van der Waals surface area contributed by atoms with Gasteiger partial charge in [0, 0.05) is 15.7 Å². The zero-order valence-corrected chi connectivity index (χ0v) is 19.9. The first-order chi connectivity index (χ1) is 16.1. The number of esters is 1. The maximum absolute atomic E-state index is 13.3. The highest BCUT2D eigenvalue weighted by Gasteiger charge is 2.44. The molecule has 2 aromatic heterocycles. The van der Waals surface area contributed by atoms with Gasteiger partial charge in [0.05, 0.1) is 17.3 Å². The van der Waals surface area contributed by atoms with E-state index >= 15 is 0 Å². The highest BCUT2D eigenvalue weighted by molar-refractivity contribution is 7.11. The Kier molecular flexibility index (Phi) is 6.24. The average Bonchev–Trinajstić information content (AvgIpc) is 3.58. The number of allylic oxidation sites excluding steroid dienone is 1. The summed E-state index contributed by atoms with van der Waals surface area (Å²) in [6.07, 6.45) is 5.20. The number of hydrogen-bond donors (Lipinski definition) is 0. The van der Waals surface area contributed by atoms with Crippen LogP contribution in [0.3, 0.4) is 0 Å². The van der Waals surface area contributed by atoms with E-state index in [2.05, 4.69) is 23.6 Å². The van der Waals surface area contributed by atoms with Crippen LogP contribution in [-0.4, -0.2) is 29.2 Å². The minimum absolute atomic E-state index is 0.152. The quantitative estimate of drug-likeness (QED) is 0.418. The van der Waals surface area contributed by atoms with Crippen LogP contribution in [0.1, 0.15) is 51.0 Å². The predicted octanol–water partition coefficient (Wildman–Crippen LogP) is 6.10. The fraction of sp³-hybridized carbons (Fsp3) is 0.269. The molecule has 1 fully saturated rings.